The fourth-order valence-corrected chi connectivity index (χ4v) is 2.71. The van der Waals surface area contributed by atoms with Crippen molar-refractivity contribution in [2.45, 2.75) is 0 Å². The van der Waals surface area contributed by atoms with Crippen molar-refractivity contribution in [2.75, 3.05) is 13.2 Å². The Hall–Kier alpha value is -2.72. The molecule has 0 amide bonds. The van der Waals surface area contributed by atoms with Crippen LogP contribution in [0.1, 0.15) is 5.76 Å². The molecule has 0 atom stereocenters. The monoisotopic (exact) mass is 339 g/mol. The molecule has 120 valence electrons. The second-order valence-corrected chi connectivity index (χ2v) is 5.68. The van der Waals surface area contributed by atoms with Crippen LogP contribution in [-0.4, -0.2) is 19.4 Å². The minimum atomic E-state index is 0.555. The van der Waals surface area contributed by atoms with Gasteiger partial charge in [-0.05, 0) is 36.4 Å². The third-order valence-electron chi connectivity index (χ3n) is 3.63. The van der Waals surface area contributed by atoms with Crippen molar-refractivity contribution in [1.82, 2.24) is 0 Å². The molecule has 1 aliphatic heterocycles. The summed E-state index contributed by atoms with van der Waals surface area (Å²) in [6.07, 6.45) is 1.67. The fraction of sp³-hybridized carbons (Fsp3) is 0.105. The minimum Gasteiger partial charge on any atom is -0.486 e. The lowest BCUT2D eigenvalue weighted by atomic mass is 10.2. The molecule has 0 N–H and O–H groups in total. The number of furan rings is 1. The number of halogens is 1. The van der Waals surface area contributed by atoms with Gasteiger partial charge in [-0.2, -0.15) is 0 Å². The van der Waals surface area contributed by atoms with E-state index in [9.17, 15) is 0 Å². The first-order valence-corrected chi connectivity index (χ1v) is 7.96. The van der Waals surface area contributed by atoms with Gasteiger partial charge in [-0.15, -0.1) is 0 Å². The molecule has 0 saturated heterocycles. The molecule has 1 aromatic heterocycles. The Balaban J connectivity index is 1.56. The maximum absolute atomic E-state index is 6.19. The van der Waals surface area contributed by atoms with Gasteiger partial charge in [0.1, 0.15) is 24.7 Å². The molecule has 3 aromatic rings. The van der Waals surface area contributed by atoms with Gasteiger partial charge in [0, 0.05) is 11.6 Å². The standard InChI is InChI=1S/C19H14ClNO3/c20-16-4-2-1-3-15(16)17-8-6-14(24-17)12-21-13-5-7-18-19(11-13)23-10-9-22-18/h1-8,11-12H,9-10H2. The zero-order valence-corrected chi connectivity index (χ0v) is 13.5. The van der Waals surface area contributed by atoms with Gasteiger partial charge in [-0.3, -0.25) is 4.99 Å². The van der Waals surface area contributed by atoms with Gasteiger partial charge in [0.25, 0.3) is 0 Å². The van der Waals surface area contributed by atoms with E-state index < -0.39 is 0 Å². The van der Waals surface area contributed by atoms with Gasteiger partial charge in [-0.25, -0.2) is 0 Å². The summed E-state index contributed by atoms with van der Waals surface area (Å²) in [5.74, 6) is 2.83. The maximum Gasteiger partial charge on any atom is 0.163 e. The van der Waals surface area contributed by atoms with Crippen molar-refractivity contribution in [3.05, 3.63) is 65.4 Å². The van der Waals surface area contributed by atoms with E-state index in [0.29, 0.717) is 35.5 Å². The summed E-state index contributed by atoms with van der Waals surface area (Å²) in [6.45, 7) is 1.13. The normalized spacial score (nSPS) is 13.4. The molecule has 0 fully saturated rings. The Morgan fingerprint density at radius 2 is 1.75 bits per heavy atom. The number of fused-ring (bicyclic) bond motifs is 1. The van der Waals surface area contributed by atoms with Gasteiger partial charge in [0.05, 0.1) is 16.9 Å². The number of benzene rings is 2. The van der Waals surface area contributed by atoms with Crippen molar-refractivity contribution in [1.29, 1.82) is 0 Å². The van der Waals surface area contributed by atoms with E-state index in [1.54, 1.807) is 6.21 Å². The summed E-state index contributed by atoms with van der Waals surface area (Å²) in [5.41, 5.74) is 1.63. The van der Waals surface area contributed by atoms with Crippen LogP contribution in [0.15, 0.2) is 64.0 Å². The number of hydrogen-bond acceptors (Lipinski definition) is 4. The zero-order valence-electron chi connectivity index (χ0n) is 12.7. The molecule has 5 heteroatoms. The summed E-state index contributed by atoms with van der Waals surface area (Å²) in [5, 5.41) is 0.655. The predicted octanol–water partition coefficient (Wildman–Crippen LogP) is 5.12. The van der Waals surface area contributed by atoms with Gasteiger partial charge in [0.2, 0.25) is 0 Å². The van der Waals surface area contributed by atoms with Gasteiger partial charge in [-0.1, -0.05) is 23.7 Å². The van der Waals surface area contributed by atoms with Crippen LogP contribution in [0.2, 0.25) is 5.02 Å². The van der Waals surface area contributed by atoms with E-state index in [2.05, 4.69) is 4.99 Å². The van der Waals surface area contributed by atoms with Crippen molar-refractivity contribution in [2.24, 2.45) is 4.99 Å². The molecule has 0 bridgehead atoms. The molecule has 24 heavy (non-hydrogen) atoms. The van der Waals surface area contributed by atoms with Crippen LogP contribution in [0.25, 0.3) is 11.3 Å². The average molecular weight is 340 g/mol. The third kappa shape index (κ3) is 3.01. The minimum absolute atomic E-state index is 0.555. The smallest absolute Gasteiger partial charge is 0.163 e. The molecule has 0 spiro atoms. The quantitative estimate of drug-likeness (QED) is 0.622. The Labute approximate surface area is 144 Å². The SMILES string of the molecule is Clc1ccccc1-c1ccc(C=Nc2ccc3c(c2)OCCO3)o1. The number of rotatable bonds is 3. The van der Waals surface area contributed by atoms with Gasteiger partial charge in [0.15, 0.2) is 11.5 Å². The molecule has 4 rings (SSSR count). The van der Waals surface area contributed by atoms with Crippen molar-refractivity contribution < 1.29 is 13.9 Å². The van der Waals surface area contributed by atoms with Crippen molar-refractivity contribution in [3.63, 3.8) is 0 Å². The zero-order chi connectivity index (χ0) is 16.4. The molecular formula is C19H14ClNO3. The summed E-state index contributed by atoms with van der Waals surface area (Å²) in [7, 11) is 0. The highest BCUT2D eigenvalue weighted by molar-refractivity contribution is 6.33. The van der Waals surface area contributed by atoms with Crippen LogP contribution >= 0.6 is 11.6 Å². The highest BCUT2D eigenvalue weighted by atomic mass is 35.5. The van der Waals surface area contributed by atoms with Crippen LogP contribution in [0.3, 0.4) is 0 Å². The van der Waals surface area contributed by atoms with E-state index >= 15 is 0 Å². The lowest BCUT2D eigenvalue weighted by Gasteiger charge is -2.18. The molecule has 4 nitrogen and oxygen atoms in total. The summed E-state index contributed by atoms with van der Waals surface area (Å²) < 4.78 is 16.8. The first-order valence-electron chi connectivity index (χ1n) is 7.58. The van der Waals surface area contributed by atoms with Gasteiger partial charge < -0.3 is 13.9 Å². The van der Waals surface area contributed by atoms with E-state index in [1.807, 2.05) is 54.6 Å². The Kier molecular flexibility index (Phi) is 3.97. The molecular weight excluding hydrogens is 326 g/mol. The largest absolute Gasteiger partial charge is 0.486 e. The first kappa shape index (κ1) is 14.8. The van der Waals surface area contributed by atoms with Crippen LogP contribution in [0, 0.1) is 0 Å². The Morgan fingerprint density at radius 1 is 0.917 bits per heavy atom. The van der Waals surface area contributed by atoms with Crippen LogP contribution in [0.5, 0.6) is 11.5 Å². The maximum atomic E-state index is 6.19. The van der Waals surface area contributed by atoms with E-state index in [4.69, 9.17) is 25.5 Å². The summed E-state index contributed by atoms with van der Waals surface area (Å²) in [4.78, 5) is 4.43. The summed E-state index contributed by atoms with van der Waals surface area (Å²) >= 11 is 6.19. The highest BCUT2D eigenvalue weighted by Gasteiger charge is 2.11. The van der Waals surface area contributed by atoms with Crippen molar-refractivity contribution in [3.8, 4) is 22.8 Å². The lowest BCUT2D eigenvalue weighted by Crippen LogP contribution is -2.14. The van der Waals surface area contributed by atoms with Crippen LogP contribution in [-0.2, 0) is 0 Å². The fourth-order valence-electron chi connectivity index (χ4n) is 2.48. The van der Waals surface area contributed by atoms with Crippen LogP contribution < -0.4 is 9.47 Å². The molecule has 0 saturated carbocycles. The first-order chi connectivity index (χ1) is 11.8. The van der Waals surface area contributed by atoms with E-state index in [-0.39, 0.29) is 0 Å². The molecule has 2 heterocycles. The van der Waals surface area contributed by atoms with Gasteiger partial charge >= 0.3 is 0 Å². The second-order valence-electron chi connectivity index (χ2n) is 5.27. The predicted molar refractivity (Wildman–Crippen MR) is 93.8 cm³/mol. The van der Waals surface area contributed by atoms with Crippen LogP contribution in [0.4, 0.5) is 5.69 Å². The topological polar surface area (TPSA) is 44.0 Å². The molecule has 2 aromatic carbocycles. The van der Waals surface area contributed by atoms with E-state index in [0.717, 1.165) is 17.0 Å². The molecule has 0 aliphatic carbocycles. The third-order valence-corrected chi connectivity index (χ3v) is 3.96. The van der Waals surface area contributed by atoms with Crippen molar-refractivity contribution >= 4 is 23.5 Å². The number of hydrogen-bond donors (Lipinski definition) is 0. The Bertz CT molecular complexity index is 901. The molecule has 0 radical (unpaired) electrons. The number of ether oxygens (including phenoxy) is 2. The summed E-state index contributed by atoms with van der Waals surface area (Å²) in [6, 6.07) is 16.9. The Morgan fingerprint density at radius 3 is 2.62 bits per heavy atom. The highest BCUT2D eigenvalue weighted by Crippen LogP contribution is 2.34. The number of nitrogens with zero attached hydrogens (tertiary/aromatic N) is 1. The second kappa shape index (κ2) is 6.42. The lowest BCUT2D eigenvalue weighted by molar-refractivity contribution is 0.171. The average Bonchev–Trinajstić information content (AvgIpc) is 3.09. The van der Waals surface area contributed by atoms with E-state index in [1.165, 1.54) is 0 Å². The number of aliphatic imine (C=N–C) groups is 1. The molecule has 0 unspecified atom stereocenters. The molecule has 1 aliphatic rings.